The molecule has 0 saturated carbocycles. The minimum absolute atomic E-state index is 0.0253. The Morgan fingerprint density at radius 2 is 2.44 bits per heavy atom. The molecular weight excluding hydrogens is 240 g/mol. The number of fused-ring (bicyclic) bond motifs is 1. The zero-order chi connectivity index (χ0) is 11.4. The fraction of sp³-hybridized carbons (Fsp3) is 0.455. The van der Waals surface area contributed by atoms with E-state index in [0.717, 1.165) is 22.2 Å². The SMILES string of the molecule is CCCCSCc1cc(=O)n2ccsc2n1. The van der Waals surface area contributed by atoms with Gasteiger partial charge in [0.1, 0.15) is 0 Å². The fourth-order valence-corrected chi connectivity index (χ4v) is 3.12. The van der Waals surface area contributed by atoms with Crippen LogP contribution in [0.5, 0.6) is 0 Å². The Balaban J connectivity index is 2.10. The lowest BCUT2D eigenvalue weighted by molar-refractivity contribution is 0.895. The molecule has 0 atom stereocenters. The summed E-state index contributed by atoms with van der Waals surface area (Å²) >= 11 is 3.35. The van der Waals surface area contributed by atoms with Crippen LogP contribution in [0.1, 0.15) is 25.5 Å². The minimum atomic E-state index is 0.0253. The average molecular weight is 254 g/mol. The van der Waals surface area contributed by atoms with Crippen LogP contribution in [-0.4, -0.2) is 15.1 Å². The normalized spacial score (nSPS) is 11.1. The van der Waals surface area contributed by atoms with E-state index in [1.165, 1.54) is 24.2 Å². The van der Waals surface area contributed by atoms with Crippen LogP contribution in [-0.2, 0) is 5.75 Å². The first-order valence-electron chi connectivity index (χ1n) is 5.35. The van der Waals surface area contributed by atoms with Crippen LogP contribution in [0, 0.1) is 0 Å². The Morgan fingerprint density at radius 1 is 1.56 bits per heavy atom. The van der Waals surface area contributed by atoms with Crippen molar-refractivity contribution in [1.82, 2.24) is 9.38 Å². The van der Waals surface area contributed by atoms with Crippen molar-refractivity contribution >= 4 is 28.1 Å². The monoisotopic (exact) mass is 254 g/mol. The number of rotatable bonds is 5. The van der Waals surface area contributed by atoms with Gasteiger partial charge in [-0.05, 0) is 12.2 Å². The number of hydrogen-bond donors (Lipinski definition) is 0. The maximum atomic E-state index is 11.7. The smallest absolute Gasteiger partial charge is 0.258 e. The minimum Gasteiger partial charge on any atom is -0.269 e. The number of thiazole rings is 1. The van der Waals surface area contributed by atoms with Crippen molar-refractivity contribution in [1.29, 1.82) is 0 Å². The van der Waals surface area contributed by atoms with Crippen molar-refractivity contribution < 1.29 is 0 Å². The fourth-order valence-electron chi connectivity index (χ4n) is 1.38. The van der Waals surface area contributed by atoms with Gasteiger partial charge in [0, 0.05) is 23.4 Å². The van der Waals surface area contributed by atoms with Crippen molar-refractivity contribution in [2.75, 3.05) is 5.75 Å². The highest BCUT2D eigenvalue weighted by atomic mass is 32.2. The van der Waals surface area contributed by atoms with Gasteiger partial charge >= 0.3 is 0 Å². The molecule has 3 nitrogen and oxygen atoms in total. The Labute approximate surface area is 103 Å². The van der Waals surface area contributed by atoms with Crippen LogP contribution >= 0.6 is 23.1 Å². The molecule has 0 amide bonds. The van der Waals surface area contributed by atoms with Gasteiger partial charge in [0.25, 0.3) is 5.56 Å². The van der Waals surface area contributed by atoms with Crippen LogP contribution in [0.25, 0.3) is 4.96 Å². The first-order chi connectivity index (χ1) is 7.81. The van der Waals surface area contributed by atoms with Crippen LogP contribution in [0.2, 0.25) is 0 Å². The molecule has 0 aliphatic rings. The highest BCUT2D eigenvalue weighted by Gasteiger charge is 2.02. The maximum Gasteiger partial charge on any atom is 0.258 e. The van der Waals surface area contributed by atoms with Crippen molar-refractivity contribution in [2.24, 2.45) is 0 Å². The van der Waals surface area contributed by atoms with E-state index >= 15 is 0 Å². The molecule has 0 saturated heterocycles. The second-order valence-electron chi connectivity index (χ2n) is 3.55. The summed E-state index contributed by atoms with van der Waals surface area (Å²) in [6, 6.07) is 1.64. The van der Waals surface area contributed by atoms with Gasteiger partial charge in [0.2, 0.25) is 0 Å². The second-order valence-corrected chi connectivity index (χ2v) is 5.53. The van der Waals surface area contributed by atoms with Gasteiger partial charge in [-0.2, -0.15) is 11.8 Å². The Morgan fingerprint density at radius 3 is 3.25 bits per heavy atom. The van der Waals surface area contributed by atoms with Gasteiger partial charge in [-0.25, -0.2) is 4.98 Å². The molecule has 0 unspecified atom stereocenters. The van der Waals surface area contributed by atoms with Crippen molar-refractivity contribution in [3.8, 4) is 0 Å². The molecule has 0 bridgehead atoms. The van der Waals surface area contributed by atoms with E-state index in [9.17, 15) is 4.79 Å². The summed E-state index contributed by atoms with van der Waals surface area (Å²) in [7, 11) is 0. The van der Waals surface area contributed by atoms with Gasteiger partial charge in [0.05, 0.1) is 5.69 Å². The lowest BCUT2D eigenvalue weighted by Crippen LogP contribution is -2.12. The molecule has 0 N–H and O–H groups in total. The number of nitrogens with zero attached hydrogens (tertiary/aromatic N) is 2. The lowest BCUT2D eigenvalue weighted by atomic mass is 10.4. The quantitative estimate of drug-likeness (QED) is 0.769. The van der Waals surface area contributed by atoms with Crippen LogP contribution in [0.4, 0.5) is 0 Å². The van der Waals surface area contributed by atoms with Gasteiger partial charge in [-0.3, -0.25) is 9.20 Å². The maximum absolute atomic E-state index is 11.7. The molecule has 0 fully saturated rings. The third-order valence-electron chi connectivity index (χ3n) is 2.25. The molecule has 5 heteroatoms. The largest absolute Gasteiger partial charge is 0.269 e. The lowest BCUT2D eigenvalue weighted by Gasteiger charge is -2.00. The predicted molar refractivity (Wildman–Crippen MR) is 70.4 cm³/mol. The van der Waals surface area contributed by atoms with Crippen LogP contribution in [0.15, 0.2) is 22.4 Å². The van der Waals surface area contributed by atoms with E-state index in [-0.39, 0.29) is 5.56 Å². The number of hydrogen-bond acceptors (Lipinski definition) is 4. The molecule has 2 aromatic heterocycles. The van der Waals surface area contributed by atoms with Crippen LogP contribution in [0.3, 0.4) is 0 Å². The molecule has 0 aliphatic heterocycles. The molecule has 0 aliphatic carbocycles. The molecular formula is C11H14N2OS2. The Hall–Kier alpha value is -0.810. The van der Waals surface area contributed by atoms with Gasteiger partial charge in [0.15, 0.2) is 4.96 Å². The molecule has 16 heavy (non-hydrogen) atoms. The van der Waals surface area contributed by atoms with E-state index in [1.807, 2.05) is 17.1 Å². The van der Waals surface area contributed by atoms with Gasteiger partial charge < -0.3 is 0 Å². The highest BCUT2D eigenvalue weighted by molar-refractivity contribution is 7.98. The van der Waals surface area contributed by atoms with Gasteiger partial charge in [-0.1, -0.05) is 13.3 Å². The first kappa shape index (κ1) is 11.7. The first-order valence-corrected chi connectivity index (χ1v) is 7.38. The van der Waals surface area contributed by atoms with Crippen molar-refractivity contribution in [2.45, 2.75) is 25.5 Å². The number of unbranched alkanes of at least 4 members (excludes halogenated alkanes) is 1. The van der Waals surface area contributed by atoms with Gasteiger partial charge in [-0.15, -0.1) is 11.3 Å². The third kappa shape index (κ3) is 2.65. The highest BCUT2D eigenvalue weighted by Crippen LogP contribution is 2.13. The summed E-state index contributed by atoms with van der Waals surface area (Å²) in [6.45, 7) is 2.18. The molecule has 0 radical (unpaired) electrons. The Kier molecular flexibility index (Phi) is 4.01. The summed E-state index contributed by atoms with van der Waals surface area (Å²) in [5, 5.41) is 1.89. The molecule has 2 rings (SSSR count). The second kappa shape index (κ2) is 5.50. The van der Waals surface area contributed by atoms with E-state index in [2.05, 4.69) is 11.9 Å². The Bertz CT molecular complexity index is 518. The molecule has 0 spiro atoms. The van der Waals surface area contributed by atoms with E-state index < -0.39 is 0 Å². The summed E-state index contributed by atoms with van der Waals surface area (Å²) in [4.78, 5) is 16.9. The number of thioether (sulfide) groups is 1. The van der Waals surface area contributed by atoms with Crippen molar-refractivity contribution in [3.63, 3.8) is 0 Å². The molecule has 2 aromatic rings. The summed E-state index contributed by atoms with van der Waals surface area (Å²) in [5.41, 5.74) is 0.922. The zero-order valence-corrected chi connectivity index (χ0v) is 10.8. The van der Waals surface area contributed by atoms with Crippen LogP contribution < -0.4 is 5.56 Å². The summed E-state index contributed by atoms with van der Waals surface area (Å²) < 4.78 is 1.59. The van der Waals surface area contributed by atoms with E-state index in [1.54, 1.807) is 16.7 Å². The summed E-state index contributed by atoms with van der Waals surface area (Å²) in [6.07, 6.45) is 4.21. The van der Waals surface area contributed by atoms with E-state index in [4.69, 9.17) is 0 Å². The predicted octanol–water partition coefficient (Wildman–Crippen LogP) is 2.79. The molecule has 2 heterocycles. The average Bonchev–Trinajstić information content (AvgIpc) is 2.73. The van der Waals surface area contributed by atoms with Crippen molar-refractivity contribution in [3.05, 3.63) is 33.7 Å². The topological polar surface area (TPSA) is 34.4 Å². The standard InChI is InChI=1S/C11H14N2OS2/c1-2-3-5-15-8-9-7-10(14)13-4-6-16-11(13)12-9/h4,6-7H,2-3,5,8H2,1H3. The van der Waals surface area contributed by atoms with E-state index in [0.29, 0.717) is 0 Å². The summed E-state index contributed by atoms with van der Waals surface area (Å²) in [5.74, 6) is 1.98. The molecule has 0 aromatic carbocycles. The third-order valence-corrected chi connectivity index (χ3v) is 4.08. The zero-order valence-electron chi connectivity index (χ0n) is 9.18. The number of aromatic nitrogens is 2. The molecule has 86 valence electrons.